The summed E-state index contributed by atoms with van der Waals surface area (Å²) in [5.74, 6) is -1.91. The van der Waals surface area contributed by atoms with Crippen molar-refractivity contribution in [1.82, 2.24) is 15.5 Å². The molecule has 0 fully saturated rings. The fourth-order valence-corrected chi connectivity index (χ4v) is 4.95. The van der Waals surface area contributed by atoms with Crippen LogP contribution >= 0.6 is 0 Å². The Morgan fingerprint density at radius 2 is 1.41 bits per heavy atom. The van der Waals surface area contributed by atoms with E-state index in [-0.39, 0.29) is 6.42 Å². The number of nitrogens with one attached hydrogen (secondary N) is 2. The van der Waals surface area contributed by atoms with Crippen LogP contribution in [0.15, 0.2) is 48.5 Å². The lowest BCUT2D eigenvalue weighted by Crippen LogP contribution is -2.61. The van der Waals surface area contributed by atoms with E-state index in [1.165, 1.54) is 4.90 Å². The molecule has 10 heteroatoms. The number of hydrogen-bond donors (Lipinski definition) is 3. The zero-order valence-corrected chi connectivity index (χ0v) is 29.3. The number of ether oxygens (including phenoxy) is 2. The van der Waals surface area contributed by atoms with Crippen molar-refractivity contribution >= 4 is 23.9 Å². The zero-order valence-electron chi connectivity index (χ0n) is 29.3. The smallest absolute Gasteiger partial charge is 0.408 e. The molecule has 3 N–H and O–H groups in total. The topological polar surface area (TPSA) is 134 Å². The minimum absolute atomic E-state index is 0.158. The summed E-state index contributed by atoms with van der Waals surface area (Å²) in [5.41, 5.74) is 0.468. The van der Waals surface area contributed by atoms with E-state index in [2.05, 4.69) is 10.6 Å². The van der Waals surface area contributed by atoms with E-state index >= 15 is 0 Å². The van der Waals surface area contributed by atoms with Crippen molar-refractivity contribution in [3.8, 4) is 0 Å². The zero-order chi connectivity index (χ0) is 35.0. The molecule has 2 rings (SSSR count). The number of benzene rings is 2. The van der Waals surface area contributed by atoms with Gasteiger partial charge in [-0.3, -0.25) is 9.59 Å². The van der Waals surface area contributed by atoms with Gasteiger partial charge in [0.25, 0.3) is 0 Å². The molecule has 3 atom stereocenters. The van der Waals surface area contributed by atoms with Gasteiger partial charge >= 0.3 is 12.1 Å². The van der Waals surface area contributed by atoms with Gasteiger partial charge in [0.15, 0.2) is 0 Å². The second kappa shape index (κ2) is 15.6. The predicted molar refractivity (Wildman–Crippen MR) is 178 cm³/mol. The second-order valence-corrected chi connectivity index (χ2v) is 14.3. The first-order valence-electron chi connectivity index (χ1n) is 15.8. The van der Waals surface area contributed by atoms with Crippen LogP contribution in [0.5, 0.6) is 0 Å². The van der Waals surface area contributed by atoms with Crippen molar-refractivity contribution in [1.29, 1.82) is 0 Å². The van der Waals surface area contributed by atoms with Gasteiger partial charge in [0, 0.05) is 12.0 Å². The number of aliphatic hydroxyl groups excluding tert-OH is 1. The fourth-order valence-electron chi connectivity index (χ4n) is 4.95. The van der Waals surface area contributed by atoms with Crippen molar-refractivity contribution in [3.05, 3.63) is 70.8 Å². The van der Waals surface area contributed by atoms with Crippen molar-refractivity contribution in [2.75, 3.05) is 6.61 Å². The summed E-state index contributed by atoms with van der Waals surface area (Å²) in [6.45, 7) is 18.9. The number of aryl methyl sites for hydroxylation is 2. The molecule has 2 aromatic carbocycles. The number of carbonyl (C=O) groups excluding carboxylic acids is 4. The monoisotopic (exact) mass is 639 g/mol. The third kappa shape index (κ3) is 11.2. The summed E-state index contributed by atoms with van der Waals surface area (Å²) in [6, 6.07) is 11.1. The average molecular weight is 640 g/mol. The standard InChI is InChI=1S/C36H53N3O7/c1-12-36(10,11)39(31(42)28(22-40)38-33(44)46-35(7,8)9)29(26-19-18-23(2)20-24(26)3)30(41)37-27(32(43)45-34(4,5)6)21-25-16-14-13-15-17-25/h13-20,27-29,40H,12,21-22H2,1-11H3,(H,37,41)(H,38,44). The van der Waals surface area contributed by atoms with E-state index in [9.17, 15) is 24.3 Å². The van der Waals surface area contributed by atoms with E-state index in [4.69, 9.17) is 9.47 Å². The summed E-state index contributed by atoms with van der Waals surface area (Å²) >= 11 is 0. The Hall–Kier alpha value is -3.92. The van der Waals surface area contributed by atoms with Crippen LogP contribution in [0.2, 0.25) is 0 Å². The van der Waals surface area contributed by atoms with Gasteiger partial charge < -0.3 is 30.1 Å². The molecule has 0 aliphatic heterocycles. The molecule has 0 spiro atoms. The number of hydrogen-bond acceptors (Lipinski definition) is 7. The number of alkyl carbamates (subject to hydrolysis) is 1. The summed E-state index contributed by atoms with van der Waals surface area (Å²) in [7, 11) is 0. The fraction of sp³-hybridized carbons (Fsp3) is 0.556. The van der Waals surface area contributed by atoms with Gasteiger partial charge in [-0.25, -0.2) is 9.59 Å². The number of esters is 1. The van der Waals surface area contributed by atoms with Crippen LogP contribution in [0.4, 0.5) is 4.79 Å². The lowest BCUT2D eigenvalue weighted by Gasteiger charge is -2.45. The minimum atomic E-state index is -1.41. The number of rotatable bonds is 12. The predicted octanol–water partition coefficient (Wildman–Crippen LogP) is 5.32. The third-order valence-corrected chi connectivity index (χ3v) is 7.44. The summed E-state index contributed by atoms with van der Waals surface area (Å²) < 4.78 is 11.1. The van der Waals surface area contributed by atoms with Crippen LogP contribution in [0.3, 0.4) is 0 Å². The first kappa shape index (κ1) is 38.3. The normalized spacial score (nSPS) is 14.0. The first-order chi connectivity index (χ1) is 21.2. The molecule has 0 aliphatic carbocycles. The van der Waals surface area contributed by atoms with Crippen LogP contribution in [-0.2, 0) is 30.3 Å². The number of aliphatic hydroxyl groups is 1. The van der Waals surface area contributed by atoms with Crippen molar-refractivity contribution in [2.45, 2.75) is 124 Å². The van der Waals surface area contributed by atoms with Crippen molar-refractivity contribution in [2.24, 2.45) is 0 Å². The Kier molecular flexibility index (Phi) is 13.0. The minimum Gasteiger partial charge on any atom is -0.458 e. The number of nitrogens with zero attached hydrogens (tertiary/aromatic N) is 1. The summed E-state index contributed by atoms with van der Waals surface area (Å²) in [5, 5.41) is 15.7. The molecular formula is C36H53N3O7. The van der Waals surface area contributed by atoms with Crippen LogP contribution in [-0.4, -0.2) is 69.3 Å². The van der Waals surface area contributed by atoms with Gasteiger partial charge in [-0.1, -0.05) is 61.0 Å². The van der Waals surface area contributed by atoms with Gasteiger partial charge in [0.2, 0.25) is 11.8 Å². The maximum absolute atomic E-state index is 14.6. The molecule has 0 heterocycles. The Morgan fingerprint density at radius 3 is 1.91 bits per heavy atom. The molecule has 0 aromatic heterocycles. The van der Waals surface area contributed by atoms with E-state index in [1.807, 2.05) is 77.1 Å². The summed E-state index contributed by atoms with van der Waals surface area (Å²) in [6.07, 6.45) is -0.294. The molecule has 2 aromatic rings. The Balaban J connectivity index is 2.70. The Morgan fingerprint density at radius 1 is 0.826 bits per heavy atom. The quantitative estimate of drug-likeness (QED) is 0.268. The molecule has 0 saturated carbocycles. The first-order valence-corrected chi connectivity index (χ1v) is 15.8. The van der Waals surface area contributed by atoms with Crippen LogP contribution in [0.25, 0.3) is 0 Å². The van der Waals surface area contributed by atoms with E-state index in [0.717, 1.165) is 16.7 Å². The highest BCUT2D eigenvalue weighted by molar-refractivity contribution is 5.94. The van der Waals surface area contributed by atoms with Crippen molar-refractivity contribution < 1.29 is 33.8 Å². The molecule has 0 saturated heterocycles. The lowest BCUT2D eigenvalue weighted by molar-refractivity contribution is -0.159. The van der Waals surface area contributed by atoms with Gasteiger partial charge in [0.1, 0.15) is 29.3 Å². The highest BCUT2D eigenvalue weighted by Gasteiger charge is 2.44. The third-order valence-electron chi connectivity index (χ3n) is 7.44. The molecule has 46 heavy (non-hydrogen) atoms. The molecule has 10 nitrogen and oxygen atoms in total. The van der Waals surface area contributed by atoms with E-state index in [0.29, 0.717) is 12.0 Å². The summed E-state index contributed by atoms with van der Waals surface area (Å²) in [4.78, 5) is 56.6. The largest absolute Gasteiger partial charge is 0.458 e. The maximum atomic E-state index is 14.6. The molecule has 0 bridgehead atoms. The highest BCUT2D eigenvalue weighted by atomic mass is 16.6. The van der Waals surface area contributed by atoms with Crippen LogP contribution < -0.4 is 10.6 Å². The van der Waals surface area contributed by atoms with Gasteiger partial charge in [-0.05, 0) is 92.3 Å². The highest BCUT2D eigenvalue weighted by Crippen LogP contribution is 2.34. The molecular weight excluding hydrogens is 586 g/mol. The van der Waals surface area contributed by atoms with Crippen LogP contribution in [0, 0.1) is 13.8 Å². The maximum Gasteiger partial charge on any atom is 0.408 e. The number of carbonyl (C=O) groups is 4. The molecule has 0 aliphatic rings. The Labute approximate surface area is 274 Å². The SMILES string of the molecule is CCC(C)(C)N(C(=O)C(CO)NC(=O)OC(C)(C)C)C(C(=O)NC(Cc1ccccc1)C(=O)OC(C)(C)C)c1ccc(C)cc1C. The van der Waals surface area contributed by atoms with Gasteiger partial charge in [-0.15, -0.1) is 0 Å². The molecule has 3 unspecified atom stereocenters. The molecule has 254 valence electrons. The van der Waals surface area contributed by atoms with Gasteiger partial charge in [0.05, 0.1) is 6.61 Å². The average Bonchev–Trinajstić information content (AvgIpc) is 2.92. The van der Waals surface area contributed by atoms with Gasteiger partial charge in [-0.2, -0.15) is 0 Å². The van der Waals surface area contributed by atoms with E-state index in [1.54, 1.807) is 47.6 Å². The van der Waals surface area contributed by atoms with Crippen molar-refractivity contribution in [3.63, 3.8) is 0 Å². The number of amides is 3. The lowest BCUT2D eigenvalue weighted by atomic mass is 9.89. The second-order valence-electron chi connectivity index (χ2n) is 14.3. The van der Waals surface area contributed by atoms with Crippen LogP contribution in [0.1, 0.15) is 97.0 Å². The molecule has 0 radical (unpaired) electrons. The van der Waals surface area contributed by atoms with E-state index < -0.39 is 65.4 Å². The molecule has 3 amide bonds. The Bertz CT molecular complexity index is 1360.